The monoisotopic (exact) mass is 326 g/mol. The molecule has 1 nitrogen and oxygen atoms in total. The maximum Gasteiger partial charge on any atom is 0.191 e. The number of hydrogen-bond acceptors (Lipinski definition) is 1. The predicted molar refractivity (Wildman–Crippen MR) is 104 cm³/mol. The number of rotatable bonds is 12. The topological polar surface area (TPSA) is 9.23 Å². The first-order chi connectivity index (χ1) is 10.2. The van der Waals surface area contributed by atoms with E-state index in [0.29, 0.717) is 5.04 Å². The minimum absolute atomic E-state index is 0.321. The molecule has 0 aliphatic carbocycles. The van der Waals surface area contributed by atoms with Crippen molar-refractivity contribution in [3.63, 3.8) is 0 Å². The highest BCUT2D eigenvalue weighted by Gasteiger charge is 2.36. The van der Waals surface area contributed by atoms with Crippen LogP contribution in [0.4, 0.5) is 0 Å². The van der Waals surface area contributed by atoms with Crippen molar-refractivity contribution in [1.82, 2.24) is 0 Å². The van der Waals surface area contributed by atoms with E-state index in [9.17, 15) is 0 Å². The molecule has 0 atom stereocenters. The lowest BCUT2D eigenvalue weighted by atomic mass is 10.0. The molecule has 0 saturated carbocycles. The Balaban J connectivity index is 4.27. The van der Waals surface area contributed by atoms with Crippen molar-refractivity contribution in [2.75, 3.05) is 6.61 Å². The molecule has 132 valence electrons. The smallest absolute Gasteiger partial charge is 0.191 e. The van der Waals surface area contributed by atoms with Gasteiger partial charge < -0.3 is 4.43 Å². The molecule has 22 heavy (non-hydrogen) atoms. The van der Waals surface area contributed by atoms with Gasteiger partial charge in [0.05, 0.1) is 0 Å². The van der Waals surface area contributed by atoms with Gasteiger partial charge in [0, 0.05) is 6.61 Å². The van der Waals surface area contributed by atoms with Gasteiger partial charge in [-0.05, 0) is 50.2 Å². The fraction of sp³-hybridized carbons (Fsp3) is 0.900. The standard InChI is InChI=1S/C20H42OSi/c1-8-10-12-15-19(16-13-11-9-2)17-14-18-21-22(6,7)20(3,4)5/h17H,8-16,18H2,1-7H3. The SMILES string of the molecule is CCCCCC(=CCCO[Si](C)(C)C(C)(C)C)CCCCC. The molecule has 0 aromatic heterocycles. The molecule has 0 unspecified atom stereocenters. The van der Waals surface area contributed by atoms with E-state index in [2.05, 4.69) is 53.8 Å². The zero-order valence-electron chi connectivity index (χ0n) is 16.6. The van der Waals surface area contributed by atoms with E-state index in [1.165, 1.54) is 51.4 Å². The zero-order chi connectivity index (χ0) is 17.1. The van der Waals surface area contributed by atoms with Crippen LogP contribution in [0.3, 0.4) is 0 Å². The lowest BCUT2D eigenvalue weighted by Gasteiger charge is -2.36. The van der Waals surface area contributed by atoms with Gasteiger partial charge in [-0.15, -0.1) is 0 Å². The van der Waals surface area contributed by atoms with E-state index in [1.807, 2.05) is 0 Å². The van der Waals surface area contributed by atoms with Crippen LogP contribution in [0.5, 0.6) is 0 Å². The number of hydrogen-bond donors (Lipinski definition) is 0. The second-order valence-electron chi connectivity index (χ2n) is 8.17. The molecule has 0 aliphatic rings. The van der Waals surface area contributed by atoms with E-state index in [4.69, 9.17) is 4.43 Å². The van der Waals surface area contributed by atoms with Crippen molar-refractivity contribution in [3.8, 4) is 0 Å². The molecule has 2 heteroatoms. The van der Waals surface area contributed by atoms with Crippen molar-refractivity contribution in [1.29, 1.82) is 0 Å². The average molecular weight is 327 g/mol. The first kappa shape index (κ1) is 21.9. The molecular weight excluding hydrogens is 284 g/mol. The summed E-state index contributed by atoms with van der Waals surface area (Å²) in [6.45, 7) is 17.1. The van der Waals surface area contributed by atoms with Gasteiger partial charge in [-0.25, -0.2) is 0 Å². The van der Waals surface area contributed by atoms with Crippen molar-refractivity contribution in [2.45, 2.75) is 111 Å². The molecule has 0 amide bonds. The van der Waals surface area contributed by atoms with E-state index in [0.717, 1.165) is 13.0 Å². The molecule has 0 aromatic carbocycles. The summed E-state index contributed by atoms with van der Waals surface area (Å²) in [6, 6.07) is 0. The third-order valence-corrected chi connectivity index (χ3v) is 9.56. The van der Waals surface area contributed by atoms with Gasteiger partial charge in [0.25, 0.3) is 0 Å². The van der Waals surface area contributed by atoms with E-state index >= 15 is 0 Å². The lowest BCUT2D eigenvalue weighted by Crippen LogP contribution is -2.40. The largest absolute Gasteiger partial charge is 0.417 e. The van der Waals surface area contributed by atoms with Crippen LogP contribution in [0.25, 0.3) is 0 Å². The average Bonchev–Trinajstić information content (AvgIpc) is 2.42. The second-order valence-corrected chi connectivity index (χ2v) is 13.0. The first-order valence-corrected chi connectivity index (χ1v) is 12.5. The van der Waals surface area contributed by atoms with Crippen LogP contribution >= 0.6 is 0 Å². The minimum atomic E-state index is -1.57. The molecule has 0 bridgehead atoms. The Hall–Kier alpha value is -0.0831. The van der Waals surface area contributed by atoms with Gasteiger partial charge in [0.1, 0.15) is 0 Å². The summed E-state index contributed by atoms with van der Waals surface area (Å²) in [5.41, 5.74) is 1.68. The summed E-state index contributed by atoms with van der Waals surface area (Å²) in [4.78, 5) is 0. The Labute approximate surface area is 142 Å². The molecule has 0 fully saturated rings. The predicted octanol–water partition coefficient (Wildman–Crippen LogP) is 7.49. The molecule has 0 saturated heterocycles. The van der Waals surface area contributed by atoms with Gasteiger partial charge in [-0.1, -0.05) is 72.0 Å². The summed E-state index contributed by atoms with van der Waals surface area (Å²) < 4.78 is 6.29. The Bertz CT molecular complexity index is 287. The summed E-state index contributed by atoms with van der Waals surface area (Å²) in [6.07, 6.45) is 14.3. The van der Waals surface area contributed by atoms with E-state index < -0.39 is 8.32 Å². The fourth-order valence-corrected chi connectivity index (χ4v) is 3.39. The summed E-state index contributed by atoms with van der Waals surface area (Å²) in [7, 11) is -1.57. The van der Waals surface area contributed by atoms with E-state index in [1.54, 1.807) is 5.57 Å². The van der Waals surface area contributed by atoms with Crippen LogP contribution in [0.2, 0.25) is 18.1 Å². The van der Waals surface area contributed by atoms with Crippen molar-refractivity contribution < 1.29 is 4.43 Å². The third-order valence-electron chi connectivity index (χ3n) is 5.02. The second kappa shape index (κ2) is 11.5. The molecule has 0 rings (SSSR count). The summed E-state index contributed by atoms with van der Waals surface area (Å²) in [5, 5.41) is 0.321. The van der Waals surface area contributed by atoms with Crippen molar-refractivity contribution in [2.24, 2.45) is 0 Å². The Morgan fingerprint density at radius 3 is 1.82 bits per heavy atom. The summed E-state index contributed by atoms with van der Waals surface area (Å²) in [5.74, 6) is 0. The fourth-order valence-electron chi connectivity index (χ4n) is 2.33. The van der Waals surface area contributed by atoms with Gasteiger partial charge in [0.15, 0.2) is 8.32 Å². The van der Waals surface area contributed by atoms with Crippen LogP contribution in [-0.2, 0) is 4.43 Å². The van der Waals surface area contributed by atoms with Crippen molar-refractivity contribution in [3.05, 3.63) is 11.6 Å². The van der Waals surface area contributed by atoms with Crippen molar-refractivity contribution >= 4 is 8.32 Å². The molecule has 0 aromatic rings. The molecule has 0 N–H and O–H groups in total. The maximum absolute atomic E-state index is 6.29. The molecule has 0 spiro atoms. The van der Waals surface area contributed by atoms with Gasteiger partial charge in [-0.3, -0.25) is 0 Å². The highest BCUT2D eigenvalue weighted by Crippen LogP contribution is 2.36. The van der Waals surface area contributed by atoms with Gasteiger partial charge in [-0.2, -0.15) is 0 Å². The molecule has 0 heterocycles. The van der Waals surface area contributed by atoms with Gasteiger partial charge in [0.2, 0.25) is 0 Å². The van der Waals surface area contributed by atoms with Crippen LogP contribution in [0.15, 0.2) is 11.6 Å². The summed E-state index contributed by atoms with van der Waals surface area (Å²) >= 11 is 0. The quantitative estimate of drug-likeness (QED) is 0.205. The molecular formula is C20H42OSi. The first-order valence-electron chi connectivity index (χ1n) is 9.56. The lowest BCUT2D eigenvalue weighted by molar-refractivity contribution is 0.294. The van der Waals surface area contributed by atoms with Crippen LogP contribution in [0.1, 0.15) is 92.4 Å². The molecule has 0 radical (unpaired) electrons. The highest BCUT2D eigenvalue weighted by atomic mass is 28.4. The Kier molecular flexibility index (Phi) is 11.4. The van der Waals surface area contributed by atoms with Crippen LogP contribution in [-0.4, -0.2) is 14.9 Å². The molecule has 0 aliphatic heterocycles. The van der Waals surface area contributed by atoms with Gasteiger partial charge >= 0.3 is 0 Å². The highest BCUT2D eigenvalue weighted by molar-refractivity contribution is 6.74. The maximum atomic E-state index is 6.29. The number of allylic oxidation sites excluding steroid dienone is 1. The number of unbranched alkanes of at least 4 members (excludes halogenated alkanes) is 4. The van der Waals surface area contributed by atoms with E-state index in [-0.39, 0.29) is 0 Å². The normalized spacial score (nSPS) is 12.5. The van der Waals surface area contributed by atoms with Crippen LogP contribution in [0, 0.1) is 0 Å². The third kappa shape index (κ3) is 9.84. The van der Waals surface area contributed by atoms with Crippen LogP contribution < -0.4 is 0 Å². The Morgan fingerprint density at radius 2 is 1.41 bits per heavy atom. The Morgan fingerprint density at radius 1 is 0.909 bits per heavy atom. The zero-order valence-corrected chi connectivity index (χ0v) is 17.6. The minimum Gasteiger partial charge on any atom is -0.417 e.